The topological polar surface area (TPSA) is 47.0 Å². The first-order chi connectivity index (χ1) is 9.31. The van der Waals surface area contributed by atoms with E-state index in [1.165, 1.54) is 5.56 Å². The van der Waals surface area contributed by atoms with Gasteiger partial charge in [-0.1, -0.05) is 11.6 Å². The molecule has 3 rings (SSSR count). The van der Waals surface area contributed by atoms with Gasteiger partial charge in [0.25, 0.3) is 0 Å². The molecule has 98 valence electrons. The fraction of sp³-hybridized carbons (Fsp3) is 0.286. The van der Waals surface area contributed by atoms with E-state index in [1.807, 2.05) is 24.3 Å². The lowest BCUT2D eigenvalue weighted by molar-refractivity contribution is 0.227. The van der Waals surface area contributed by atoms with Gasteiger partial charge in [0.15, 0.2) is 0 Å². The summed E-state index contributed by atoms with van der Waals surface area (Å²) in [5.74, 6) is 0.943. The lowest BCUT2D eigenvalue weighted by Crippen LogP contribution is -2.29. The minimum atomic E-state index is 0.162. The van der Waals surface area contributed by atoms with Crippen molar-refractivity contribution >= 4 is 11.6 Å². The fourth-order valence-electron chi connectivity index (χ4n) is 2.19. The molecule has 1 aliphatic rings. The molecular weight excluding hydrogens is 262 g/mol. The largest absolute Gasteiger partial charge is 0.488 e. The number of aromatic nitrogens is 2. The van der Waals surface area contributed by atoms with E-state index in [4.69, 9.17) is 16.3 Å². The molecule has 1 aliphatic heterocycles. The van der Waals surface area contributed by atoms with Gasteiger partial charge in [0.1, 0.15) is 18.2 Å². The van der Waals surface area contributed by atoms with Crippen LogP contribution in [0.2, 0.25) is 5.02 Å². The zero-order chi connectivity index (χ0) is 13.1. The van der Waals surface area contributed by atoms with Gasteiger partial charge in [0, 0.05) is 30.7 Å². The summed E-state index contributed by atoms with van der Waals surface area (Å²) >= 11 is 5.97. The lowest BCUT2D eigenvalue weighted by atomic mass is 10.1. The van der Waals surface area contributed by atoms with Crippen LogP contribution in [0.3, 0.4) is 0 Å². The Morgan fingerprint density at radius 3 is 3.16 bits per heavy atom. The Hall–Kier alpha value is -1.65. The maximum absolute atomic E-state index is 5.97. The third-order valence-corrected chi connectivity index (χ3v) is 3.32. The highest BCUT2D eigenvalue weighted by Gasteiger charge is 2.22. The molecule has 0 fully saturated rings. The first-order valence-corrected chi connectivity index (χ1v) is 6.60. The van der Waals surface area contributed by atoms with Gasteiger partial charge >= 0.3 is 0 Å². The van der Waals surface area contributed by atoms with Crippen molar-refractivity contribution in [3.8, 4) is 5.75 Å². The summed E-state index contributed by atoms with van der Waals surface area (Å²) in [4.78, 5) is 8.05. The Labute approximate surface area is 116 Å². The SMILES string of the molecule is Clc1ccc2c(c1)CC(CNCc1ccncn1)O2. The standard InChI is InChI=1S/C14H14ClN3O/c15-11-1-2-14-10(5-11)6-13(19-14)8-17-7-12-3-4-16-9-18-12/h1-5,9,13,17H,6-8H2. The summed E-state index contributed by atoms with van der Waals surface area (Å²) in [7, 11) is 0. The van der Waals surface area contributed by atoms with Crippen molar-refractivity contribution in [2.75, 3.05) is 6.54 Å². The van der Waals surface area contributed by atoms with Gasteiger partial charge in [-0.25, -0.2) is 9.97 Å². The van der Waals surface area contributed by atoms with Crippen molar-refractivity contribution < 1.29 is 4.74 Å². The van der Waals surface area contributed by atoms with Gasteiger partial charge in [-0.2, -0.15) is 0 Å². The molecule has 2 heterocycles. The fourth-order valence-corrected chi connectivity index (χ4v) is 2.38. The van der Waals surface area contributed by atoms with Gasteiger partial charge < -0.3 is 10.1 Å². The molecule has 0 amide bonds. The maximum Gasteiger partial charge on any atom is 0.123 e. The first-order valence-electron chi connectivity index (χ1n) is 6.22. The molecule has 0 bridgehead atoms. The molecule has 19 heavy (non-hydrogen) atoms. The Morgan fingerprint density at radius 1 is 1.37 bits per heavy atom. The van der Waals surface area contributed by atoms with Gasteiger partial charge in [0.2, 0.25) is 0 Å². The molecule has 1 atom stereocenters. The molecule has 1 aromatic heterocycles. The molecule has 4 nitrogen and oxygen atoms in total. The normalized spacial score (nSPS) is 17.0. The monoisotopic (exact) mass is 275 g/mol. The Balaban J connectivity index is 1.51. The van der Waals surface area contributed by atoms with Crippen LogP contribution in [0.25, 0.3) is 0 Å². The Morgan fingerprint density at radius 2 is 2.32 bits per heavy atom. The second kappa shape index (κ2) is 5.55. The van der Waals surface area contributed by atoms with Crippen LogP contribution in [0.5, 0.6) is 5.75 Å². The third kappa shape index (κ3) is 3.03. The van der Waals surface area contributed by atoms with Crippen molar-refractivity contribution in [1.82, 2.24) is 15.3 Å². The van der Waals surface area contributed by atoms with E-state index in [-0.39, 0.29) is 6.10 Å². The van der Waals surface area contributed by atoms with E-state index >= 15 is 0 Å². The number of nitrogens with zero attached hydrogens (tertiary/aromatic N) is 2. The highest BCUT2D eigenvalue weighted by molar-refractivity contribution is 6.30. The Bertz CT molecular complexity index is 562. The number of nitrogens with one attached hydrogen (secondary N) is 1. The molecule has 1 aromatic carbocycles. The highest BCUT2D eigenvalue weighted by atomic mass is 35.5. The van der Waals surface area contributed by atoms with Crippen LogP contribution in [0, 0.1) is 0 Å². The van der Waals surface area contributed by atoms with Gasteiger partial charge in [-0.05, 0) is 29.8 Å². The molecule has 2 aromatic rings. The van der Waals surface area contributed by atoms with Crippen LogP contribution < -0.4 is 10.1 Å². The average molecular weight is 276 g/mol. The smallest absolute Gasteiger partial charge is 0.123 e. The predicted octanol–water partition coefficient (Wildman–Crippen LogP) is 2.22. The number of fused-ring (bicyclic) bond motifs is 1. The van der Waals surface area contributed by atoms with Crippen LogP contribution in [0.4, 0.5) is 0 Å². The third-order valence-electron chi connectivity index (χ3n) is 3.09. The number of hydrogen-bond acceptors (Lipinski definition) is 4. The summed E-state index contributed by atoms with van der Waals surface area (Å²) in [6.07, 6.45) is 4.36. The highest BCUT2D eigenvalue weighted by Crippen LogP contribution is 2.30. The molecule has 0 spiro atoms. The first kappa shape index (κ1) is 12.4. The van der Waals surface area contributed by atoms with Crippen LogP contribution in [-0.4, -0.2) is 22.6 Å². The van der Waals surface area contributed by atoms with Crippen LogP contribution in [-0.2, 0) is 13.0 Å². The molecule has 0 saturated heterocycles. The summed E-state index contributed by atoms with van der Waals surface area (Å²) in [6, 6.07) is 7.66. The van der Waals surface area contributed by atoms with E-state index in [0.717, 1.165) is 36.0 Å². The summed E-state index contributed by atoms with van der Waals surface area (Å²) in [6.45, 7) is 1.51. The molecule has 1 unspecified atom stereocenters. The van der Waals surface area contributed by atoms with E-state index in [0.29, 0.717) is 0 Å². The molecule has 0 aliphatic carbocycles. The van der Waals surface area contributed by atoms with E-state index in [9.17, 15) is 0 Å². The average Bonchev–Trinajstić information content (AvgIpc) is 2.82. The molecule has 1 N–H and O–H groups in total. The van der Waals surface area contributed by atoms with Gasteiger partial charge in [-0.3, -0.25) is 0 Å². The number of rotatable bonds is 4. The summed E-state index contributed by atoms with van der Waals surface area (Å²) < 4.78 is 5.85. The number of benzene rings is 1. The van der Waals surface area contributed by atoms with E-state index in [2.05, 4.69) is 15.3 Å². The van der Waals surface area contributed by atoms with E-state index in [1.54, 1.807) is 12.5 Å². The zero-order valence-corrected chi connectivity index (χ0v) is 11.1. The lowest BCUT2D eigenvalue weighted by Gasteiger charge is -2.11. The zero-order valence-electron chi connectivity index (χ0n) is 10.3. The quantitative estimate of drug-likeness (QED) is 0.929. The number of ether oxygens (including phenoxy) is 1. The van der Waals surface area contributed by atoms with Crippen LogP contribution >= 0.6 is 11.6 Å². The second-order valence-electron chi connectivity index (χ2n) is 4.53. The molecule has 0 radical (unpaired) electrons. The van der Waals surface area contributed by atoms with Crippen molar-refractivity contribution in [3.63, 3.8) is 0 Å². The Kier molecular flexibility index (Phi) is 3.62. The number of halogens is 1. The van der Waals surface area contributed by atoms with Crippen molar-refractivity contribution in [1.29, 1.82) is 0 Å². The van der Waals surface area contributed by atoms with E-state index < -0.39 is 0 Å². The van der Waals surface area contributed by atoms with Crippen molar-refractivity contribution in [2.45, 2.75) is 19.1 Å². The molecular formula is C14H14ClN3O. The molecule has 5 heteroatoms. The van der Waals surface area contributed by atoms with Gasteiger partial charge in [-0.15, -0.1) is 0 Å². The second-order valence-corrected chi connectivity index (χ2v) is 4.96. The van der Waals surface area contributed by atoms with Crippen molar-refractivity contribution in [3.05, 3.63) is 53.1 Å². The molecule has 0 saturated carbocycles. The maximum atomic E-state index is 5.97. The van der Waals surface area contributed by atoms with Crippen LogP contribution in [0.1, 0.15) is 11.3 Å². The number of hydrogen-bond donors (Lipinski definition) is 1. The minimum absolute atomic E-state index is 0.162. The summed E-state index contributed by atoms with van der Waals surface area (Å²) in [5, 5.41) is 4.11. The van der Waals surface area contributed by atoms with Gasteiger partial charge in [0.05, 0.1) is 5.69 Å². The predicted molar refractivity (Wildman–Crippen MR) is 73.3 cm³/mol. The van der Waals surface area contributed by atoms with Crippen molar-refractivity contribution in [2.24, 2.45) is 0 Å². The van der Waals surface area contributed by atoms with Crippen LogP contribution in [0.15, 0.2) is 36.8 Å². The minimum Gasteiger partial charge on any atom is -0.488 e. The summed E-state index contributed by atoms with van der Waals surface area (Å²) in [5.41, 5.74) is 2.16.